The first-order valence-electron chi connectivity index (χ1n) is 8.88. The predicted octanol–water partition coefficient (Wildman–Crippen LogP) is 4.25. The first-order valence-corrected chi connectivity index (χ1v) is 8.88. The minimum Gasteiger partial charge on any atom is -0.377 e. The topological polar surface area (TPSA) is 36.3 Å². The van der Waals surface area contributed by atoms with Crippen LogP contribution in [0.2, 0.25) is 0 Å². The third-order valence-corrected chi connectivity index (χ3v) is 4.42. The van der Waals surface area contributed by atoms with Crippen LogP contribution in [-0.4, -0.2) is 30.7 Å². The van der Waals surface area contributed by atoms with Gasteiger partial charge in [0.25, 0.3) is 0 Å². The summed E-state index contributed by atoms with van der Waals surface area (Å²) in [6, 6.07) is 20.4. The molecule has 2 aromatic rings. The lowest BCUT2D eigenvalue weighted by atomic mass is 10.1. The summed E-state index contributed by atoms with van der Waals surface area (Å²) in [5, 5.41) is 9.10. The highest BCUT2D eigenvalue weighted by molar-refractivity contribution is 5.48. The monoisotopic (exact) mass is 332 g/mol. The zero-order valence-corrected chi connectivity index (χ0v) is 14.5. The van der Waals surface area contributed by atoms with Crippen LogP contribution in [0.1, 0.15) is 29.5 Å². The van der Waals surface area contributed by atoms with Gasteiger partial charge in [-0.2, -0.15) is 5.26 Å². The third kappa shape index (κ3) is 5.56. The summed E-state index contributed by atoms with van der Waals surface area (Å²) in [5.41, 5.74) is 3.10. The number of hydrogen-bond acceptors (Lipinski definition) is 3. The molecule has 3 nitrogen and oxygen atoms in total. The van der Waals surface area contributed by atoms with E-state index in [2.05, 4.69) is 53.5 Å². The van der Waals surface area contributed by atoms with Crippen LogP contribution in [0.15, 0.2) is 60.7 Å². The zero-order chi connectivity index (χ0) is 17.3. The van der Waals surface area contributed by atoms with Crippen LogP contribution in [0.5, 0.6) is 0 Å². The highest BCUT2D eigenvalue weighted by Crippen LogP contribution is 2.16. The van der Waals surface area contributed by atoms with E-state index in [1.165, 1.54) is 11.1 Å². The van der Waals surface area contributed by atoms with Crippen LogP contribution in [0.3, 0.4) is 0 Å². The van der Waals surface area contributed by atoms with Crippen LogP contribution in [0.4, 0.5) is 0 Å². The van der Waals surface area contributed by atoms with Crippen LogP contribution in [0, 0.1) is 11.3 Å². The van der Waals surface area contributed by atoms with E-state index in [1.54, 1.807) is 0 Å². The molecule has 3 heteroatoms. The maximum Gasteiger partial charge on any atom is 0.0991 e. The summed E-state index contributed by atoms with van der Waals surface area (Å²) >= 11 is 0. The Morgan fingerprint density at radius 1 is 1.16 bits per heavy atom. The summed E-state index contributed by atoms with van der Waals surface area (Å²) in [6.45, 7) is 3.50. The van der Waals surface area contributed by atoms with E-state index in [-0.39, 0.29) is 0 Å². The Bertz CT molecular complexity index is 727. The average Bonchev–Trinajstić information content (AvgIpc) is 3.16. The summed E-state index contributed by atoms with van der Waals surface area (Å²) in [4.78, 5) is 2.39. The van der Waals surface area contributed by atoms with E-state index in [0.29, 0.717) is 6.10 Å². The van der Waals surface area contributed by atoms with E-state index in [4.69, 9.17) is 10.00 Å². The van der Waals surface area contributed by atoms with Gasteiger partial charge in [-0.15, -0.1) is 0 Å². The molecule has 1 saturated heterocycles. The quantitative estimate of drug-likeness (QED) is 0.760. The lowest BCUT2D eigenvalue weighted by Gasteiger charge is -2.24. The summed E-state index contributed by atoms with van der Waals surface area (Å²) in [5.74, 6) is 0. The molecule has 1 atom stereocenters. The van der Waals surface area contributed by atoms with Gasteiger partial charge in [-0.1, -0.05) is 54.6 Å². The van der Waals surface area contributed by atoms with Gasteiger partial charge < -0.3 is 4.74 Å². The largest absolute Gasteiger partial charge is 0.377 e. The Kier molecular flexibility index (Phi) is 6.39. The SMILES string of the molecule is N#Cc1cccc(CN(CC=Cc2ccccc2)CC2CCCO2)c1. The molecule has 0 aromatic heterocycles. The molecule has 0 spiro atoms. The van der Waals surface area contributed by atoms with Gasteiger partial charge >= 0.3 is 0 Å². The van der Waals surface area contributed by atoms with Crippen LogP contribution in [-0.2, 0) is 11.3 Å². The molecule has 1 unspecified atom stereocenters. The second kappa shape index (κ2) is 9.17. The number of rotatable bonds is 7. The van der Waals surface area contributed by atoms with Gasteiger partial charge in [0.05, 0.1) is 17.7 Å². The molecule has 0 amide bonds. The van der Waals surface area contributed by atoms with Gasteiger partial charge in [0.15, 0.2) is 0 Å². The molecule has 128 valence electrons. The first-order chi connectivity index (χ1) is 12.3. The number of benzene rings is 2. The van der Waals surface area contributed by atoms with Crippen LogP contribution >= 0.6 is 0 Å². The number of hydrogen-bond donors (Lipinski definition) is 0. The van der Waals surface area contributed by atoms with Crippen molar-refractivity contribution >= 4 is 6.08 Å². The molecule has 1 aliphatic rings. The molecule has 0 N–H and O–H groups in total. The molecule has 3 rings (SSSR count). The highest BCUT2D eigenvalue weighted by atomic mass is 16.5. The van der Waals surface area contributed by atoms with E-state index >= 15 is 0 Å². The van der Waals surface area contributed by atoms with Crippen molar-refractivity contribution in [1.29, 1.82) is 5.26 Å². The van der Waals surface area contributed by atoms with Crippen molar-refractivity contribution in [3.63, 3.8) is 0 Å². The lowest BCUT2D eigenvalue weighted by Crippen LogP contribution is -2.32. The second-order valence-electron chi connectivity index (χ2n) is 6.45. The van der Waals surface area contributed by atoms with Crippen molar-refractivity contribution in [3.8, 4) is 6.07 Å². The van der Waals surface area contributed by atoms with Crippen molar-refractivity contribution in [2.24, 2.45) is 0 Å². The van der Waals surface area contributed by atoms with Crippen molar-refractivity contribution in [3.05, 3.63) is 77.4 Å². The van der Waals surface area contributed by atoms with E-state index in [9.17, 15) is 0 Å². The van der Waals surface area contributed by atoms with Gasteiger partial charge in [0, 0.05) is 26.2 Å². The molecule has 0 aliphatic carbocycles. The normalized spacial score (nSPS) is 17.2. The first kappa shape index (κ1) is 17.4. The average molecular weight is 332 g/mol. The molecule has 0 radical (unpaired) electrons. The molecule has 25 heavy (non-hydrogen) atoms. The van der Waals surface area contributed by atoms with E-state index in [1.807, 2.05) is 24.3 Å². The maximum atomic E-state index is 9.10. The van der Waals surface area contributed by atoms with Crippen LogP contribution < -0.4 is 0 Å². The summed E-state index contributed by atoms with van der Waals surface area (Å²) < 4.78 is 5.81. The van der Waals surface area contributed by atoms with E-state index < -0.39 is 0 Å². The Morgan fingerprint density at radius 3 is 2.80 bits per heavy atom. The smallest absolute Gasteiger partial charge is 0.0991 e. The minimum atomic E-state index is 0.323. The molecule has 2 aromatic carbocycles. The standard InChI is InChI=1S/C22H24N2O/c23-16-20-9-4-10-21(15-20)17-24(18-22-12-6-14-25-22)13-5-11-19-7-2-1-3-8-19/h1-5,7-11,15,22H,6,12-14,17-18H2. The molecular formula is C22H24N2O. The molecule has 0 bridgehead atoms. The Balaban J connectivity index is 1.65. The number of nitrogens with zero attached hydrogens (tertiary/aromatic N) is 2. The fourth-order valence-electron chi connectivity index (χ4n) is 3.18. The highest BCUT2D eigenvalue weighted by Gasteiger charge is 2.18. The van der Waals surface area contributed by atoms with Gasteiger partial charge in [0.2, 0.25) is 0 Å². The van der Waals surface area contributed by atoms with Crippen LogP contribution in [0.25, 0.3) is 6.08 Å². The predicted molar refractivity (Wildman–Crippen MR) is 101 cm³/mol. The van der Waals surface area contributed by atoms with Crippen molar-refractivity contribution in [2.75, 3.05) is 19.7 Å². The second-order valence-corrected chi connectivity index (χ2v) is 6.45. The molecular weight excluding hydrogens is 308 g/mol. The van der Waals surface area contributed by atoms with E-state index in [0.717, 1.165) is 44.6 Å². The van der Waals surface area contributed by atoms with Gasteiger partial charge in [-0.3, -0.25) is 4.90 Å². The zero-order valence-electron chi connectivity index (χ0n) is 14.5. The fraction of sp³-hybridized carbons (Fsp3) is 0.318. The Labute approximate surface area is 150 Å². The van der Waals surface area contributed by atoms with Crippen molar-refractivity contribution in [1.82, 2.24) is 4.90 Å². The minimum absolute atomic E-state index is 0.323. The van der Waals surface area contributed by atoms with Gasteiger partial charge in [-0.25, -0.2) is 0 Å². The molecule has 0 saturated carbocycles. The molecule has 1 fully saturated rings. The third-order valence-electron chi connectivity index (χ3n) is 4.42. The van der Waals surface area contributed by atoms with Gasteiger partial charge in [0.1, 0.15) is 0 Å². The van der Waals surface area contributed by atoms with Gasteiger partial charge in [-0.05, 0) is 36.1 Å². The summed E-state index contributed by atoms with van der Waals surface area (Å²) in [7, 11) is 0. The molecule has 1 aliphatic heterocycles. The Hall–Kier alpha value is -2.41. The number of ether oxygens (including phenoxy) is 1. The Morgan fingerprint density at radius 2 is 2.04 bits per heavy atom. The lowest BCUT2D eigenvalue weighted by molar-refractivity contribution is 0.0747. The summed E-state index contributed by atoms with van der Waals surface area (Å²) in [6.07, 6.45) is 6.98. The molecule has 1 heterocycles. The maximum absolute atomic E-state index is 9.10. The fourth-order valence-corrected chi connectivity index (χ4v) is 3.18. The number of nitriles is 1. The van der Waals surface area contributed by atoms with Crippen molar-refractivity contribution < 1.29 is 4.74 Å². The van der Waals surface area contributed by atoms with Crippen molar-refractivity contribution in [2.45, 2.75) is 25.5 Å².